The first-order valence-corrected chi connectivity index (χ1v) is 6.27. The van der Waals surface area contributed by atoms with Crippen molar-refractivity contribution < 1.29 is 9.59 Å². The number of ketones is 1. The lowest BCUT2D eigenvalue weighted by Crippen LogP contribution is -2.37. The largest absolute Gasteiger partial charge is 0.338 e. The van der Waals surface area contributed by atoms with Crippen LogP contribution in [0.25, 0.3) is 6.08 Å². The van der Waals surface area contributed by atoms with Gasteiger partial charge in [0.15, 0.2) is 0 Å². The monoisotopic (exact) mass is 263 g/mol. The molecule has 94 valence electrons. The maximum atomic E-state index is 11.8. The van der Waals surface area contributed by atoms with E-state index in [4.69, 9.17) is 11.6 Å². The predicted octanol–water partition coefficient (Wildman–Crippen LogP) is 2.54. The van der Waals surface area contributed by atoms with E-state index >= 15 is 0 Å². The maximum Gasteiger partial charge on any atom is 0.246 e. The highest BCUT2D eigenvalue weighted by molar-refractivity contribution is 6.30. The number of hydrogen-bond acceptors (Lipinski definition) is 2. The number of piperidine rings is 1. The molecule has 18 heavy (non-hydrogen) atoms. The molecule has 1 aliphatic heterocycles. The van der Waals surface area contributed by atoms with E-state index in [0.717, 1.165) is 5.56 Å². The van der Waals surface area contributed by atoms with Crippen LogP contribution in [0.1, 0.15) is 18.4 Å². The van der Waals surface area contributed by atoms with E-state index in [1.54, 1.807) is 29.2 Å². The molecular formula is C14H14ClNO2. The Morgan fingerprint density at radius 3 is 2.39 bits per heavy atom. The van der Waals surface area contributed by atoms with Crippen LogP contribution in [0.15, 0.2) is 30.3 Å². The number of amides is 1. The lowest BCUT2D eigenvalue weighted by Gasteiger charge is -2.24. The molecule has 2 rings (SSSR count). The van der Waals surface area contributed by atoms with Crippen molar-refractivity contribution in [2.75, 3.05) is 13.1 Å². The zero-order valence-electron chi connectivity index (χ0n) is 9.93. The van der Waals surface area contributed by atoms with Crippen molar-refractivity contribution in [1.29, 1.82) is 0 Å². The van der Waals surface area contributed by atoms with Gasteiger partial charge < -0.3 is 4.90 Å². The van der Waals surface area contributed by atoms with Crippen molar-refractivity contribution in [3.63, 3.8) is 0 Å². The zero-order valence-corrected chi connectivity index (χ0v) is 10.7. The van der Waals surface area contributed by atoms with Crippen LogP contribution in [0.3, 0.4) is 0 Å². The highest BCUT2D eigenvalue weighted by Gasteiger charge is 2.18. The number of hydrogen-bond donors (Lipinski definition) is 0. The topological polar surface area (TPSA) is 37.4 Å². The summed E-state index contributed by atoms with van der Waals surface area (Å²) in [6.45, 7) is 1.06. The number of carbonyl (C=O) groups is 2. The predicted molar refractivity (Wildman–Crippen MR) is 71.3 cm³/mol. The molecule has 0 unspecified atom stereocenters. The molecule has 1 amide bonds. The smallest absolute Gasteiger partial charge is 0.246 e. The summed E-state index contributed by atoms with van der Waals surface area (Å²) in [5.41, 5.74) is 0.931. The minimum Gasteiger partial charge on any atom is -0.338 e. The van der Waals surface area contributed by atoms with Gasteiger partial charge in [0.25, 0.3) is 0 Å². The third kappa shape index (κ3) is 3.44. The van der Waals surface area contributed by atoms with Crippen LogP contribution in [0.2, 0.25) is 5.02 Å². The number of benzene rings is 1. The summed E-state index contributed by atoms with van der Waals surface area (Å²) < 4.78 is 0. The van der Waals surface area contributed by atoms with Crippen LogP contribution >= 0.6 is 11.6 Å². The Morgan fingerprint density at radius 2 is 1.78 bits per heavy atom. The van der Waals surface area contributed by atoms with Gasteiger partial charge in [0.05, 0.1) is 0 Å². The Morgan fingerprint density at radius 1 is 1.17 bits per heavy atom. The summed E-state index contributed by atoms with van der Waals surface area (Å²) in [6, 6.07) is 7.27. The SMILES string of the molecule is O=C1CCN(C(=O)/C=C/c2ccc(Cl)cc2)CC1. The van der Waals surface area contributed by atoms with Crippen LogP contribution in [-0.4, -0.2) is 29.7 Å². The minimum absolute atomic E-state index is 0.0440. The Bertz CT molecular complexity index is 469. The van der Waals surface area contributed by atoms with Gasteiger partial charge in [-0.3, -0.25) is 9.59 Å². The van der Waals surface area contributed by atoms with Gasteiger partial charge in [0, 0.05) is 37.0 Å². The van der Waals surface area contributed by atoms with Crippen molar-refractivity contribution in [2.45, 2.75) is 12.8 Å². The number of likely N-dealkylation sites (tertiary alicyclic amines) is 1. The zero-order chi connectivity index (χ0) is 13.0. The summed E-state index contributed by atoms with van der Waals surface area (Å²) in [7, 11) is 0. The Labute approximate surface area is 111 Å². The first-order chi connectivity index (χ1) is 8.65. The van der Waals surface area contributed by atoms with Crippen molar-refractivity contribution in [1.82, 2.24) is 4.90 Å². The van der Waals surface area contributed by atoms with E-state index in [9.17, 15) is 9.59 Å². The van der Waals surface area contributed by atoms with E-state index in [0.29, 0.717) is 31.0 Å². The Kier molecular flexibility index (Phi) is 4.15. The molecule has 1 aromatic carbocycles. The van der Waals surface area contributed by atoms with Gasteiger partial charge in [-0.2, -0.15) is 0 Å². The standard InChI is InChI=1S/C14H14ClNO2/c15-12-4-1-11(2-5-12)3-6-14(18)16-9-7-13(17)8-10-16/h1-6H,7-10H2/b6-3+. The molecule has 4 heteroatoms. The first kappa shape index (κ1) is 12.8. The number of rotatable bonds is 2. The van der Waals surface area contributed by atoms with Gasteiger partial charge in [0.2, 0.25) is 5.91 Å². The molecule has 0 atom stereocenters. The third-order valence-electron chi connectivity index (χ3n) is 2.92. The van der Waals surface area contributed by atoms with Gasteiger partial charge in [-0.25, -0.2) is 0 Å². The normalized spacial score (nSPS) is 16.3. The summed E-state index contributed by atoms with van der Waals surface area (Å²) in [5, 5.41) is 0.674. The maximum absolute atomic E-state index is 11.8. The molecule has 0 aromatic heterocycles. The highest BCUT2D eigenvalue weighted by atomic mass is 35.5. The molecule has 0 radical (unpaired) electrons. The van der Waals surface area contributed by atoms with E-state index in [2.05, 4.69) is 0 Å². The fraction of sp³-hybridized carbons (Fsp3) is 0.286. The van der Waals surface area contributed by atoms with Gasteiger partial charge in [0.1, 0.15) is 5.78 Å². The number of nitrogens with zero attached hydrogens (tertiary/aromatic N) is 1. The molecule has 0 spiro atoms. The average Bonchev–Trinajstić information content (AvgIpc) is 2.38. The average molecular weight is 264 g/mol. The second-order valence-corrected chi connectivity index (χ2v) is 4.69. The van der Waals surface area contributed by atoms with Gasteiger partial charge in [-0.05, 0) is 23.8 Å². The van der Waals surface area contributed by atoms with Crippen molar-refractivity contribution in [3.8, 4) is 0 Å². The number of Topliss-reactive ketones (excluding diaryl/α,β-unsaturated/α-hetero) is 1. The van der Waals surface area contributed by atoms with E-state index in [1.807, 2.05) is 12.1 Å². The van der Waals surface area contributed by atoms with E-state index in [-0.39, 0.29) is 11.7 Å². The molecule has 1 heterocycles. The van der Waals surface area contributed by atoms with Crippen molar-refractivity contribution >= 4 is 29.4 Å². The molecule has 1 aromatic rings. The summed E-state index contributed by atoms with van der Waals surface area (Å²) in [4.78, 5) is 24.6. The molecule has 0 aliphatic carbocycles. The van der Waals surface area contributed by atoms with Crippen LogP contribution in [0, 0.1) is 0 Å². The molecule has 1 aliphatic rings. The second-order valence-electron chi connectivity index (χ2n) is 4.25. The molecule has 1 fully saturated rings. The fourth-order valence-corrected chi connectivity index (χ4v) is 1.95. The highest BCUT2D eigenvalue weighted by Crippen LogP contribution is 2.11. The molecule has 0 saturated carbocycles. The molecule has 3 nitrogen and oxygen atoms in total. The van der Waals surface area contributed by atoms with Gasteiger partial charge >= 0.3 is 0 Å². The second kappa shape index (κ2) is 5.83. The van der Waals surface area contributed by atoms with Crippen LogP contribution in [0.4, 0.5) is 0 Å². The fourth-order valence-electron chi connectivity index (χ4n) is 1.82. The Hall–Kier alpha value is -1.61. The van der Waals surface area contributed by atoms with Gasteiger partial charge in [-0.15, -0.1) is 0 Å². The van der Waals surface area contributed by atoms with Crippen LogP contribution in [-0.2, 0) is 9.59 Å². The summed E-state index contributed by atoms with van der Waals surface area (Å²) in [6.07, 6.45) is 4.25. The minimum atomic E-state index is -0.0440. The van der Waals surface area contributed by atoms with E-state index < -0.39 is 0 Å². The van der Waals surface area contributed by atoms with Crippen LogP contribution in [0.5, 0.6) is 0 Å². The van der Waals surface area contributed by atoms with Crippen molar-refractivity contribution in [3.05, 3.63) is 40.9 Å². The quantitative estimate of drug-likeness (QED) is 0.769. The summed E-state index contributed by atoms with van der Waals surface area (Å²) >= 11 is 5.78. The van der Waals surface area contributed by atoms with Crippen molar-refractivity contribution in [2.24, 2.45) is 0 Å². The van der Waals surface area contributed by atoms with Crippen LogP contribution < -0.4 is 0 Å². The molecule has 0 bridgehead atoms. The third-order valence-corrected chi connectivity index (χ3v) is 3.17. The number of carbonyl (C=O) groups excluding carboxylic acids is 2. The lowest BCUT2D eigenvalue weighted by atomic mass is 10.1. The van der Waals surface area contributed by atoms with Gasteiger partial charge in [-0.1, -0.05) is 23.7 Å². The molecule has 0 N–H and O–H groups in total. The summed E-state index contributed by atoms with van der Waals surface area (Å²) in [5.74, 6) is 0.193. The molecule has 1 saturated heterocycles. The molecular weight excluding hydrogens is 250 g/mol. The Balaban J connectivity index is 1.94. The number of halogens is 1. The first-order valence-electron chi connectivity index (χ1n) is 5.89. The van der Waals surface area contributed by atoms with E-state index in [1.165, 1.54) is 0 Å². The lowest BCUT2D eigenvalue weighted by molar-refractivity contribution is -0.130.